The number of carbonyl (C=O) groups is 1. The fourth-order valence-electron chi connectivity index (χ4n) is 4.29. The zero-order valence-corrected chi connectivity index (χ0v) is 19.6. The summed E-state index contributed by atoms with van der Waals surface area (Å²) in [4.78, 5) is 15.5. The third-order valence-corrected chi connectivity index (χ3v) is 6.46. The second kappa shape index (κ2) is 10.4. The van der Waals surface area contributed by atoms with Gasteiger partial charge in [-0.05, 0) is 68.2 Å². The van der Waals surface area contributed by atoms with Crippen molar-refractivity contribution in [2.24, 2.45) is 0 Å². The Bertz CT molecular complexity index is 1090. The molecular formula is C25H28ClFN4O2. The fraction of sp³-hybridized carbons (Fsp3) is 0.360. The van der Waals surface area contributed by atoms with Gasteiger partial charge in [-0.25, -0.2) is 9.07 Å². The molecule has 1 fully saturated rings. The molecule has 0 saturated carbocycles. The molecule has 8 heteroatoms. The largest absolute Gasteiger partial charge is 0.497 e. The number of carbonyl (C=O) groups excluding carboxylic acids is 1. The Labute approximate surface area is 198 Å². The average molecular weight is 471 g/mol. The van der Waals surface area contributed by atoms with E-state index in [2.05, 4.69) is 15.3 Å². The molecule has 1 atom stereocenters. The minimum atomic E-state index is -0.300. The molecule has 0 aliphatic carbocycles. The lowest BCUT2D eigenvalue weighted by Crippen LogP contribution is -2.37. The predicted molar refractivity (Wildman–Crippen MR) is 126 cm³/mol. The number of amides is 1. The van der Waals surface area contributed by atoms with E-state index >= 15 is 0 Å². The first-order valence-corrected chi connectivity index (χ1v) is 11.5. The summed E-state index contributed by atoms with van der Waals surface area (Å²) in [6, 6.07) is 14.2. The normalized spacial score (nSPS) is 14.9. The van der Waals surface area contributed by atoms with Gasteiger partial charge in [0.25, 0.3) is 5.91 Å². The number of nitrogens with zero attached hydrogens (tertiary/aromatic N) is 3. The van der Waals surface area contributed by atoms with Crippen molar-refractivity contribution in [2.75, 3.05) is 26.7 Å². The van der Waals surface area contributed by atoms with E-state index in [1.807, 2.05) is 24.3 Å². The van der Waals surface area contributed by atoms with Gasteiger partial charge < -0.3 is 10.1 Å². The number of methoxy groups -OCH3 is 1. The molecule has 6 nitrogen and oxygen atoms in total. The van der Waals surface area contributed by atoms with Crippen molar-refractivity contribution in [3.8, 4) is 5.75 Å². The van der Waals surface area contributed by atoms with Crippen LogP contribution < -0.4 is 10.1 Å². The number of aryl methyl sites for hydroxylation is 1. The molecule has 1 unspecified atom stereocenters. The van der Waals surface area contributed by atoms with Gasteiger partial charge >= 0.3 is 0 Å². The molecule has 1 N–H and O–H groups in total. The first-order valence-electron chi connectivity index (χ1n) is 11.1. The van der Waals surface area contributed by atoms with Crippen molar-refractivity contribution in [3.63, 3.8) is 0 Å². The van der Waals surface area contributed by atoms with Gasteiger partial charge in [0.15, 0.2) is 0 Å². The highest BCUT2D eigenvalue weighted by molar-refractivity contribution is 6.33. The fourth-order valence-corrected chi connectivity index (χ4v) is 4.61. The summed E-state index contributed by atoms with van der Waals surface area (Å²) in [6.07, 6.45) is 2.31. The highest BCUT2D eigenvalue weighted by Gasteiger charge is 2.26. The SMILES string of the molecule is COc1ccc(C(CNC(=O)c2c(C)nn(Cc3ccc(F)cc3)c2Cl)N2CCCC2)cc1. The standard InChI is InChI=1S/C25H28ClFN4O2/c1-17-23(24(26)31(29-17)16-18-5-9-20(27)10-6-18)25(32)28-15-22(30-13-3-4-14-30)19-7-11-21(33-2)12-8-19/h5-12,22H,3-4,13-16H2,1-2H3,(H,28,32). The molecule has 0 radical (unpaired) electrons. The van der Waals surface area contributed by atoms with Crippen LogP contribution in [0, 0.1) is 12.7 Å². The van der Waals surface area contributed by atoms with Crippen molar-refractivity contribution in [2.45, 2.75) is 32.4 Å². The van der Waals surface area contributed by atoms with E-state index in [9.17, 15) is 9.18 Å². The van der Waals surface area contributed by atoms with Crippen LogP contribution in [0.2, 0.25) is 5.15 Å². The molecule has 174 valence electrons. The van der Waals surface area contributed by atoms with Crippen molar-refractivity contribution in [3.05, 3.63) is 81.9 Å². The van der Waals surface area contributed by atoms with Gasteiger partial charge in [-0.15, -0.1) is 0 Å². The molecule has 2 heterocycles. The maximum atomic E-state index is 13.2. The molecule has 1 saturated heterocycles. The summed E-state index contributed by atoms with van der Waals surface area (Å²) in [5, 5.41) is 7.78. The van der Waals surface area contributed by atoms with Crippen LogP contribution in [-0.2, 0) is 6.54 Å². The molecule has 2 aromatic carbocycles. The van der Waals surface area contributed by atoms with Gasteiger partial charge in [0.1, 0.15) is 16.7 Å². The average Bonchev–Trinajstić information content (AvgIpc) is 3.44. The molecule has 1 amide bonds. The first-order chi connectivity index (χ1) is 16.0. The number of hydrogen-bond donors (Lipinski definition) is 1. The van der Waals surface area contributed by atoms with Crippen LogP contribution in [0.4, 0.5) is 4.39 Å². The lowest BCUT2D eigenvalue weighted by molar-refractivity contribution is 0.0937. The van der Waals surface area contributed by atoms with Gasteiger partial charge in [-0.1, -0.05) is 35.9 Å². The van der Waals surface area contributed by atoms with Gasteiger partial charge in [0.2, 0.25) is 0 Å². The van der Waals surface area contributed by atoms with E-state index in [4.69, 9.17) is 16.3 Å². The summed E-state index contributed by atoms with van der Waals surface area (Å²) >= 11 is 6.54. The lowest BCUT2D eigenvalue weighted by atomic mass is 10.0. The predicted octanol–water partition coefficient (Wildman–Crippen LogP) is 4.61. The summed E-state index contributed by atoms with van der Waals surface area (Å²) in [6.45, 7) is 4.59. The van der Waals surface area contributed by atoms with Crippen LogP contribution in [0.3, 0.4) is 0 Å². The first kappa shape index (κ1) is 23.3. The van der Waals surface area contributed by atoms with E-state index in [0.717, 1.165) is 42.8 Å². The number of ether oxygens (including phenoxy) is 1. The van der Waals surface area contributed by atoms with Crippen molar-refractivity contribution in [1.82, 2.24) is 20.0 Å². The topological polar surface area (TPSA) is 59.4 Å². The van der Waals surface area contributed by atoms with Crippen LogP contribution in [0.15, 0.2) is 48.5 Å². The van der Waals surface area contributed by atoms with Crippen LogP contribution in [0.25, 0.3) is 0 Å². The molecule has 1 aromatic heterocycles. The highest BCUT2D eigenvalue weighted by Crippen LogP contribution is 2.27. The van der Waals surface area contributed by atoms with Crippen molar-refractivity contribution < 1.29 is 13.9 Å². The summed E-state index contributed by atoms with van der Waals surface area (Å²) in [5.74, 6) is 0.255. The Kier molecular flexibility index (Phi) is 7.30. The second-order valence-electron chi connectivity index (χ2n) is 8.28. The number of benzene rings is 2. The van der Waals surface area contributed by atoms with Gasteiger partial charge in [-0.3, -0.25) is 9.69 Å². The lowest BCUT2D eigenvalue weighted by Gasteiger charge is -2.28. The van der Waals surface area contributed by atoms with Crippen LogP contribution in [0.1, 0.15) is 46.1 Å². The Hall–Kier alpha value is -2.90. The minimum Gasteiger partial charge on any atom is -0.497 e. The molecular weight excluding hydrogens is 443 g/mol. The maximum Gasteiger partial charge on any atom is 0.256 e. The van der Waals surface area contributed by atoms with Gasteiger partial charge in [0, 0.05) is 6.54 Å². The van der Waals surface area contributed by atoms with Crippen LogP contribution in [0.5, 0.6) is 5.75 Å². The maximum absolute atomic E-state index is 13.2. The molecule has 3 aromatic rings. The van der Waals surface area contributed by atoms with Crippen LogP contribution >= 0.6 is 11.6 Å². The second-order valence-corrected chi connectivity index (χ2v) is 8.64. The molecule has 33 heavy (non-hydrogen) atoms. The summed E-state index contributed by atoms with van der Waals surface area (Å²) in [7, 11) is 1.65. The van der Waals surface area contributed by atoms with E-state index in [1.165, 1.54) is 12.1 Å². The minimum absolute atomic E-state index is 0.0655. The van der Waals surface area contributed by atoms with Crippen LogP contribution in [-0.4, -0.2) is 47.3 Å². The number of likely N-dealkylation sites (tertiary alicyclic amines) is 1. The van der Waals surface area contributed by atoms with Gasteiger partial charge in [0.05, 0.1) is 31.0 Å². The van der Waals surface area contributed by atoms with E-state index < -0.39 is 0 Å². The number of halogens is 2. The third-order valence-electron chi connectivity index (χ3n) is 6.08. The number of rotatable bonds is 8. The Morgan fingerprint density at radius 3 is 2.45 bits per heavy atom. The molecule has 0 spiro atoms. The number of hydrogen-bond acceptors (Lipinski definition) is 4. The quantitative estimate of drug-likeness (QED) is 0.522. The summed E-state index contributed by atoms with van der Waals surface area (Å²) < 4.78 is 20.0. The third kappa shape index (κ3) is 5.37. The Balaban J connectivity index is 1.49. The van der Waals surface area contributed by atoms with E-state index in [1.54, 1.807) is 30.8 Å². The zero-order valence-electron chi connectivity index (χ0n) is 18.9. The smallest absolute Gasteiger partial charge is 0.256 e. The Morgan fingerprint density at radius 1 is 1.15 bits per heavy atom. The monoisotopic (exact) mass is 470 g/mol. The molecule has 0 bridgehead atoms. The molecule has 1 aliphatic heterocycles. The van der Waals surface area contributed by atoms with Gasteiger partial charge in [-0.2, -0.15) is 5.10 Å². The number of nitrogens with one attached hydrogen (secondary N) is 1. The number of aromatic nitrogens is 2. The van der Waals surface area contributed by atoms with Crippen molar-refractivity contribution in [1.29, 1.82) is 0 Å². The zero-order chi connectivity index (χ0) is 23.4. The summed E-state index contributed by atoms with van der Waals surface area (Å²) in [5.41, 5.74) is 2.91. The Morgan fingerprint density at radius 2 is 1.82 bits per heavy atom. The highest BCUT2D eigenvalue weighted by atomic mass is 35.5. The van der Waals surface area contributed by atoms with E-state index in [-0.39, 0.29) is 22.9 Å². The van der Waals surface area contributed by atoms with Crippen molar-refractivity contribution >= 4 is 17.5 Å². The molecule has 1 aliphatic rings. The molecule has 4 rings (SSSR count). The van der Waals surface area contributed by atoms with E-state index in [0.29, 0.717) is 24.3 Å².